The molecule has 0 aliphatic carbocycles. The third-order valence-electron chi connectivity index (χ3n) is 6.75. The molecule has 0 aliphatic heterocycles. The Labute approximate surface area is 193 Å². The molecular formula is C23H34BrNO5Si. The highest BCUT2D eigenvalue weighted by molar-refractivity contribution is 9.09. The maximum absolute atomic E-state index is 12.9. The van der Waals surface area contributed by atoms with Gasteiger partial charge in [0.25, 0.3) is 0 Å². The van der Waals surface area contributed by atoms with Crippen LogP contribution in [0.5, 0.6) is 5.75 Å². The Hall–Kier alpha value is -1.64. The summed E-state index contributed by atoms with van der Waals surface area (Å²) in [4.78, 5) is 27.3. The number of hydrogen-bond acceptors (Lipinski definition) is 4. The maximum atomic E-state index is 12.9. The van der Waals surface area contributed by atoms with E-state index in [-0.39, 0.29) is 27.5 Å². The summed E-state index contributed by atoms with van der Waals surface area (Å²) < 4.78 is 12.2. The zero-order chi connectivity index (χ0) is 23.9. The second-order valence-electron chi connectivity index (χ2n) is 9.75. The Morgan fingerprint density at radius 3 is 2.32 bits per heavy atom. The molecular weight excluding hydrogens is 478 g/mol. The number of halogens is 1. The van der Waals surface area contributed by atoms with Crippen molar-refractivity contribution in [2.45, 2.75) is 70.6 Å². The quantitative estimate of drug-likeness (QED) is 0.350. The number of H-pyrrole nitrogens is 1. The van der Waals surface area contributed by atoms with Gasteiger partial charge in [-0.2, -0.15) is 0 Å². The second-order valence-corrected chi connectivity index (χ2v) is 15.4. The van der Waals surface area contributed by atoms with Crippen LogP contribution in [0.1, 0.15) is 62.0 Å². The average molecular weight is 513 g/mol. The van der Waals surface area contributed by atoms with E-state index in [1.807, 2.05) is 6.92 Å². The van der Waals surface area contributed by atoms with Gasteiger partial charge in [-0.3, -0.25) is 4.79 Å². The number of hydrogen-bond donors (Lipinski definition) is 2. The first-order valence-corrected chi connectivity index (χ1v) is 14.2. The van der Waals surface area contributed by atoms with Gasteiger partial charge in [-0.25, -0.2) is 4.79 Å². The molecule has 0 bridgehead atoms. The first-order chi connectivity index (χ1) is 14.1. The maximum Gasteiger partial charge on any atom is 0.341 e. The SMILES string of the molecule is COc1cc2[nH]cc(C(=O)O)c(=O)c2c(C)c1C(C)C(C)C(Br)O[Si](C)(C)C(C)(C)C. The van der Waals surface area contributed by atoms with Crippen LogP contribution in [0, 0.1) is 12.8 Å². The molecule has 0 spiro atoms. The van der Waals surface area contributed by atoms with Crippen LogP contribution in [0.2, 0.25) is 18.1 Å². The standard InChI is InChI=1S/C23H34BrNO5Si/c1-12(13(2)21(24)30-31(8,9)23(4,5)6)18-14(3)19-16(10-17(18)29-7)25-11-15(20(19)26)22(27)28/h10-13,21H,1-9H3,(H,25,26)(H,27,28). The van der Waals surface area contributed by atoms with Crippen LogP contribution in [-0.4, -0.2) is 36.5 Å². The van der Waals surface area contributed by atoms with Gasteiger partial charge >= 0.3 is 5.97 Å². The van der Waals surface area contributed by atoms with Gasteiger partial charge in [0, 0.05) is 23.2 Å². The van der Waals surface area contributed by atoms with Crippen molar-refractivity contribution in [3.8, 4) is 5.75 Å². The fraction of sp³-hybridized carbons (Fsp3) is 0.565. The third-order valence-corrected chi connectivity index (χ3v) is 12.6. The highest BCUT2D eigenvalue weighted by Gasteiger charge is 2.40. The monoisotopic (exact) mass is 511 g/mol. The van der Waals surface area contributed by atoms with E-state index in [2.05, 4.69) is 68.6 Å². The molecule has 2 rings (SSSR count). The van der Waals surface area contributed by atoms with E-state index in [0.717, 1.165) is 11.1 Å². The van der Waals surface area contributed by atoms with E-state index in [1.165, 1.54) is 6.20 Å². The van der Waals surface area contributed by atoms with Crippen molar-refractivity contribution < 1.29 is 19.1 Å². The molecule has 8 heteroatoms. The second kappa shape index (κ2) is 9.08. The fourth-order valence-corrected chi connectivity index (χ4v) is 6.50. The molecule has 0 saturated heterocycles. The molecule has 1 aromatic heterocycles. The molecule has 3 atom stereocenters. The van der Waals surface area contributed by atoms with E-state index in [9.17, 15) is 14.7 Å². The van der Waals surface area contributed by atoms with Crippen molar-refractivity contribution >= 4 is 41.1 Å². The van der Waals surface area contributed by atoms with E-state index in [4.69, 9.17) is 9.16 Å². The largest absolute Gasteiger partial charge is 0.496 e. The number of pyridine rings is 1. The number of alkyl halides is 1. The number of carbonyl (C=O) groups is 1. The van der Waals surface area contributed by atoms with Crippen molar-refractivity contribution in [2.75, 3.05) is 7.11 Å². The predicted octanol–water partition coefficient (Wildman–Crippen LogP) is 6.03. The Balaban J connectivity index is 2.58. The zero-order valence-electron chi connectivity index (χ0n) is 19.8. The lowest BCUT2D eigenvalue weighted by atomic mass is 9.84. The number of carboxylic acid groups (broad SMARTS) is 1. The number of rotatable bonds is 7. The predicted molar refractivity (Wildman–Crippen MR) is 131 cm³/mol. The summed E-state index contributed by atoms with van der Waals surface area (Å²) in [6.45, 7) is 17.1. The first-order valence-electron chi connectivity index (χ1n) is 10.4. The smallest absolute Gasteiger partial charge is 0.341 e. The summed E-state index contributed by atoms with van der Waals surface area (Å²) in [6, 6.07) is 1.77. The highest BCUT2D eigenvalue weighted by Crippen LogP contribution is 2.43. The summed E-state index contributed by atoms with van der Waals surface area (Å²) in [5.74, 6) is -0.526. The number of carboxylic acids is 1. The molecule has 0 amide bonds. The summed E-state index contributed by atoms with van der Waals surface area (Å²) in [6.07, 6.45) is 1.24. The van der Waals surface area contributed by atoms with Crippen LogP contribution in [-0.2, 0) is 4.43 Å². The van der Waals surface area contributed by atoms with Crippen LogP contribution in [0.3, 0.4) is 0 Å². The zero-order valence-corrected chi connectivity index (χ0v) is 22.4. The topological polar surface area (TPSA) is 88.6 Å². The lowest BCUT2D eigenvalue weighted by Gasteiger charge is -2.40. The number of fused-ring (bicyclic) bond motifs is 1. The van der Waals surface area contributed by atoms with Crippen molar-refractivity contribution in [2.24, 2.45) is 5.92 Å². The van der Waals surface area contributed by atoms with Crippen molar-refractivity contribution in [1.82, 2.24) is 4.98 Å². The van der Waals surface area contributed by atoms with Crippen molar-refractivity contribution in [3.05, 3.63) is 39.2 Å². The lowest BCUT2D eigenvalue weighted by Crippen LogP contribution is -2.44. The van der Waals surface area contributed by atoms with Crippen molar-refractivity contribution in [1.29, 1.82) is 0 Å². The Morgan fingerprint density at radius 2 is 1.84 bits per heavy atom. The van der Waals surface area contributed by atoms with Gasteiger partial charge in [-0.05, 0) is 42.5 Å². The molecule has 0 radical (unpaired) electrons. The molecule has 0 saturated carbocycles. The molecule has 31 heavy (non-hydrogen) atoms. The van der Waals surface area contributed by atoms with Gasteiger partial charge in [-0.15, -0.1) is 0 Å². The van der Waals surface area contributed by atoms with E-state index in [1.54, 1.807) is 13.2 Å². The number of aromatic nitrogens is 1. The molecule has 172 valence electrons. The molecule has 1 aromatic carbocycles. The normalized spacial score (nSPS) is 15.5. The number of benzene rings is 1. The summed E-state index contributed by atoms with van der Waals surface area (Å²) in [7, 11) is -0.384. The number of aryl methyl sites for hydroxylation is 1. The van der Waals surface area contributed by atoms with Crippen LogP contribution in [0.4, 0.5) is 0 Å². The molecule has 0 fully saturated rings. The van der Waals surface area contributed by atoms with Crippen LogP contribution in [0.15, 0.2) is 17.1 Å². The van der Waals surface area contributed by atoms with Gasteiger partial charge in [0.2, 0.25) is 5.43 Å². The third kappa shape index (κ3) is 4.91. The van der Waals surface area contributed by atoms with E-state index < -0.39 is 19.7 Å². The van der Waals surface area contributed by atoms with Gasteiger partial charge in [0.15, 0.2) is 8.32 Å². The Kier molecular flexibility index (Phi) is 7.50. The van der Waals surface area contributed by atoms with E-state index in [0.29, 0.717) is 16.7 Å². The summed E-state index contributed by atoms with van der Waals surface area (Å²) in [5.41, 5.74) is 1.41. The average Bonchev–Trinajstić information content (AvgIpc) is 2.64. The number of methoxy groups -OCH3 is 1. The molecule has 1 heterocycles. The minimum absolute atomic E-state index is 0.0126. The van der Waals surface area contributed by atoms with Crippen molar-refractivity contribution in [3.63, 3.8) is 0 Å². The van der Waals surface area contributed by atoms with Crippen LogP contribution < -0.4 is 10.2 Å². The van der Waals surface area contributed by atoms with E-state index >= 15 is 0 Å². The fourth-order valence-electron chi connectivity index (χ4n) is 3.51. The number of nitrogens with one attached hydrogen (secondary N) is 1. The van der Waals surface area contributed by atoms with Gasteiger partial charge in [0.1, 0.15) is 16.3 Å². The number of aromatic amines is 1. The minimum Gasteiger partial charge on any atom is -0.496 e. The lowest BCUT2D eigenvalue weighted by molar-refractivity contribution is 0.0695. The summed E-state index contributed by atoms with van der Waals surface area (Å²) in [5, 5.41) is 9.66. The van der Waals surface area contributed by atoms with Gasteiger partial charge < -0.3 is 19.3 Å². The highest BCUT2D eigenvalue weighted by atomic mass is 79.9. The summed E-state index contributed by atoms with van der Waals surface area (Å²) >= 11 is 3.76. The minimum atomic E-state index is -1.98. The molecule has 6 nitrogen and oxygen atoms in total. The van der Waals surface area contributed by atoms with Crippen LogP contribution >= 0.6 is 15.9 Å². The Morgan fingerprint density at radius 1 is 1.26 bits per heavy atom. The van der Waals surface area contributed by atoms with Gasteiger partial charge in [-0.1, -0.05) is 50.5 Å². The first kappa shape index (κ1) is 25.6. The molecule has 2 N–H and O–H groups in total. The Bertz CT molecular complexity index is 1040. The number of ether oxygens (including phenoxy) is 1. The molecule has 3 unspecified atom stereocenters. The van der Waals surface area contributed by atoms with Crippen LogP contribution in [0.25, 0.3) is 10.9 Å². The molecule has 2 aromatic rings. The number of aromatic carboxylic acids is 1. The van der Waals surface area contributed by atoms with Gasteiger partial charge in [0.05, 0.1) is 12.6 Å². The molecule has 0 aliphatic rings.